The summed E-state index contributed by atoms with van der Waals surface area (Å²) in [6, 6.07) is 8.22. The number of hydrogen-bond acceptors (Lipinski definition) is 6. The summed E-state index contributed by atoms with van der Waals surface area (Å²) in [6.07, 6.45) is 0. The van der Waals surface area contributed by atoms with Crippen molar-refractivity contribution < 1.29 is 33.0 Å². The molecule has 1 heterocycles. The highest BCUT2D eigenvalue weighted by atomic mass is 35.5. The van der Waals surface area contributed by atoms with E-state index in [0.29, 0.717) is 11.5 Å². The van der Waals surface area contributed by atoms with Gasteiger partial charge in [0.15, 0.2) is 18.1 Å². The third-order valence-corrected chi connectivity index (χ3v) is 3.83. The highest BCUT2D eigenvalue weighted by Crippen LogP contribution is 2.32. The Bertz CT molecular complexity index is 936. The van der Waals surface area contributed by atoms with Gasteiger partial charge < -0.3 is 24.8 Å². The minimum atomic E-state index is -0.837. The lowest BCUT2D eigenvalue weighted by atomic mass is 10.2. The van der Waals surface area contributed by atoms with E-state index < -0.39 is 36.8 Å². The van der Waals surface area contributed by atoms with Gasteiger partial charge in [-0.15, -0.1) is 0 Å². The molecule has 3 rings (SSSR count). The standard InChI is InChI=1S/C18H14ClFN2O6/c19-11-2-3-12(20)13(6-11)22-16(23)8-26-17(24)7-21-18(25)10-1-4-14-15(5-10)28-9-27-14/h1-6H,7-9H2,(H,21,25)(H,22,23). The van der Waals surface area contributed by atoms with Gasteiger partial charge in [0.05, 0.1) is 5.69 Å². The van der Waals surface area contributed by atoms with E-state index in [1.807, 2.05) is 0 Å². The van der Waals surface area contributed by atoms with E-state index in [2.05, 4.69) is 10.6 Å². The topological polar surface area (TPSA) is 103 Å². The molecular weight excluding hydrogens is 395 g/mol. The van der Waals surface area contributed by atoms with Crippen LogP contribution in [0.25, 0.3) is 0 Å². The normalized spacial score (nSPS) is 11.6. The van der Waals surface area contributed by atoms with Crippen LogP contribution in [0.3, 0.4) is 0 Å². The van der Waals surface area contributed by atoms with Crippen molar-refractivity contribution in [3.8, 4) is 11.5 Å². The zero-order chi connectivity index (χ0) is 20.1. The average molecular weight is 409 g/mol. The van der Waals surface area contributed by atoms with E-state index in [4.69, 9.17) is 25.8 Å². The number of esters is 1. The van der Waals surface area contributed by atoms with Crippen LogP contribution in [-0.4, -0.2) is 37.7 Å². The highest BCUT2D eigenvalue weighted by molar-refractivity contribution is 6.30. The molecule has 2 aromatic carbocycles. The fraction of sp³-hybridized carbons (Fsp3) is 0.167. The number of amides is 2. The number of fused-ring (bicyclic) bond motifs is 1. The van der Waals surface area contributed by atoms with Crippen molar-refractivity contribution in [1.82, 2.24) is 5.32 Å². The summed E-state index contributed by atoms with van der Waals surface area (Å²) in [5.41, 5.74) is 0.135. The average Bonchev–Trinajstić information content (AvgIpc) is 3.15. The maximum atomic E-state index is 13.5. The predicted octanol–water partition coefficient (Wildman–Crippen LogP) is 2.12. The summed E-state index contributed by atoms with van der Waals surface area (Å²) >= 11 is 5.72. The molecular formula is C18H14ClFN2O6. The molecule has 2 aromatic rings. The Balaban J connectivity index is 1.43. The van der Waals surface area contributed by atoms with Gasteiger partial charge in [0.25, 0.3) is 11.8 Å². The molecule has 2 N–H and O–H groups in total. The number of carbonyl (C=O) groups excluding carboxylic acids is 3. The van der Waals surface area contributed by atoms with Crippen LogP contribution in [0.1, 0.15) is 10.4 Å². The van der Waals surface area contributed by atoms with Gasteiger partial charge in [-0.1, -0.05) is 11.6 Å². The fourth-order valence-electron chi connectivity index (χ4n) is 2.27. The molecule has 0 atom stereocenters. The molecule has 0 fully saturated rings. The molecule has 0 spiro atoms. The fourth-order valence-corrected chi connectivity index (χ4v) is 2.44. The third kappa shape index (κ3) is 4.89. The first-order chi connectivity index (χ1) is 13.4. The number of ether oxygens (including phenoxy) is 3. The molecule has 0 aliphatic carbocycles. The van der Waals surface area contributed by atoms with E-state index >= 15 is 0 Å². The second-order valence-corrected chi connectivity index (χ2v) is 6.02. The molecule has 0 saturated heterocycles. The minimum absolute atomic E-state index is 0.0773. The Labute approximate surface area is 163 Å². The largest absolute Gasteiger partial charge is 0.454 e. The van der Waals surface area contributed by atoms with Crippen molar-refractivity contribution in [1.29, 1.82) is 0 Å². The van der Waals surface area contributed by atoms with Gasteiger partial charge >= 0.3 is 5.97 Å². The van der Waals surface area contributed by atoms with Crippen LogP contribution in [-0.2, 0) is 14.3 Å². The first-order valence-corrected chi connectivity index (χ1v) is 8.38. The van der Waals surface area contributed by atoms with Crippen LogP contribution in [0.5, 0.6) is 11.5 Å². The van der Waals surface area contributed by atoms with Crippen LogP contribution in [0.4, 0.5) is 10.1 Å². The van der Waals surface area contributed by atoms with Crippen LogP contribution in [0, 0.1) is 5.82 Å². The number of anilines is 1. The van der Waals surface area contributed by atoms with E-state index in [0.717, 1.165) is 6.07 Å². The van der Waals surface area contributed by atoms with Gasteiger partial charge in [0, 0.05) is 10.6 Å². The number of benzene rings is 2. The lowest BCUT2D eigenvalue weighted by Crippen LogP contribution is -2.32. The molecule has 0 bridgehead atoms. The molecule has 10 heteroatoms. The number of halogens is 2. The van der Waals surface area contributed by atoms with Gasteiger partial charge in [-0.2, -0.15) is 0 Å². The lowest BCUT2D eigenvalue weighted by molar-refractivity contribution is -0.146. The molecule has 0 saturated carbocycles. The minimum Gasteiger partial charge on any atom is -0.454 e. The summed E-state index contributed by atoms with van der Waals surface area (Å²) in [7, 11) is 0. The van der Waals surface area contributed by atoms with E-state index in [1.165, 1.54) is 24.3 Å². The molecule has 0 unspecified atom stereocenters. The zero-order valence-electron chi connectivity index (χ0n) is 14.3. The van der Waals surface area contributed by atoms with E-state index in [1.54, 1.807) is 6.07 Å². The van der Waals surface area contributed by atoms with Crippen LogP contribution < -0.4 is 20.1 Å². The van der Waals surface area contributed by atoms with Gasteiger partial charge in [-0.25, -0.2) is 4.39 Å². The van der Waals surface area contributed by atoms with Crippen LogP contribution in [0.15, 0.2) is 36.4 Å². The van der Waals surface area contributed by atoms with Gasteiger partial charge in [0.2, 0.25) is 6.79 Å². The van der Waals surface area contributed by atoms with Crippen molar-refractivity contribution >= 4 is 35.1 Å². The monoisotopic (exact) mass is 408 g/mol. The summed E-state index contributed by atoms with van der Waals surface area (Å²) < 4.78 is 28.6. The molecule has 1 aliphatic rings. The van der Waals surface area contributed by atoms with E-state index in [9.17, 15) is 18.8 Å². The summed E-state index contributed by atoms with van der Waals surface area (Å²) in [4.78, 5) is 35.5. The second kappa shape index (κ2) is 8.57. The Morgan fingerprint density at radius 3 is 2.71 bits per heavy atom. The van der Waals surface area contributed by atoms with Crippen molar-refractivity contribution in [2.75, 3.05) is 25.3 Å². The molecule has 0 aromatic heterocycles. The highest BCUT2D eigenvalue weighted by Gasteiger charge is 2.17. The van der Waals surface area contributed by atoms with Crippen molar-refractivity contribution in [3.05, 3.63) is 52.8 Å². The Morgan fingerprint density at radius 1 is 1.11 bits per heavy atom. The van der Waals surface area contributed by atoms with Crippen LogP contribution in [0.2, 0.25) is 5.02 Å². The zero-order valence-corrected chi connectivity index (χ0v) is 15.0. The van der Waals surface area contributed by atoms with Crippen LogP contribution >= 0.6 is 11.6 Å². The lowest BCUT2D eigenvalue weighted by Gasteiger charge is -2.09. The smallest absolute Gasteiger partial charge is 0.325 e. The molecule has 1 aliphatic heterocycles. The predicted molar refractivity (Wildman–Crippen MR) is 95.9 cm³/mol. The first-order valence-electron chi connectivity index (χ1n) is 8.01. The van der Waals surface area contributed by atoms with Gasteiger partial charge in [-0.05, 0) is 36.4 Å². The molecule has 28 heavy (non-hydrogen) atoms. The maximum absolute atomic E-state index is 13.5. The van der Waals surface area contributed by atoms with Gasteiger partial charge in [0.1, 0.15) is 12.4 Å². The summed E-state index contributed by atoms with van der Waals surface area (Å²) in [5, 5.41) is 4.83. The molecule has 0 radical (unpaired) electrons. The number of hydrogen-bond donors (Lipinski definition) is 2. The molecule has 146 valence electrons. The van der Waals surface area contributed by atoms with Crippen molar-refractivity contribution in [3.63, 3.8) is 0 Å². The third-order valence-electron chi connectivity index (χ3n) is 3.59. The second-order valence-electron chi connectivity index (χ2n) is 5.58. The van der Waals surface area contributed by atoms with Gasteiger partial charge in [-0.3, -0.25) is 14.4 Å². The Morgan fingerprint density at radius 2 is 1.89 bits per heavy atom. The van der Waals surface area contributed by atoms with Crippen molar-refractivity contribution in [2.24, 2.45) is 0 Å². The van der Waals surface area contributed by atoms with E-state index in [-0.39, 0.29) is 23.1 Å². The molecule has 8 nitrogen and oxygen atoms in total. The summed E-state index contributed by atoms with van der Waals surface area (Å²) in [6.45, 7) is -1.02. The number of carbonyl (C=O) groups is 3. The number of rotatable bonds is 6. The Hall–Kier alpha value is -3.33. The Kier molecular flexibility index (Phi) is 5.95. The summed E-state index contributed by atoms with van der Waals surface area (Å²) in [5.74, 6) is -1.84. The SMILES string of the molecule is O=C(COC(=O)CNC(=O)c1ccc2c(c1)OCO2)Nc1cc(Cl)ccc1F. The first kappa shape index (κ1) is 19.4. The molecule has 2 amide bonds. The maximum Gasteiger partial charge on any atom is 0.325 e. The number of nitrogens with one attached hydrogen (secondary N) is 2. The van der Waals surface area contributed by atoms with Crippen molar-refractivity contribution in [2.45, 2.75) is 0 Å². The quantitative estimate of drug-likeness (QED) is 0.710.